The Morgan fingerprint density at radius 3 is 2.58 bits per heavy atom. The molecule has 1 aromatic carbocycles. The van der Waals surface area contributed by atoms with E-state index in [1.165, 1.54) is 32.1 Å². The summed E-state index contributed by atoms with van der Waals surface area (Å²) in [5.41, 5.74) is 0.808. The highest BCUT2D eigenvalue weighted by molar-refractivity contribution is 8.15. The van der Waals surface area contributed by atoms with Crippen molar-refractivity contribution in [1.82, 2.24) is 4.90 Å². The number of hydrogen-bond acceptors (Lipinski definition) is 2. The third-order valence-corrected chi connectivity index (χ3v) is 6.84. The van der Waals surface area contributed by atoms with Crippen LogP contribution in [-0.4, -0.2) is 27.4 Å². The molecular formula is C19H26Cl2N2S. The van der Waals surface area contributed by atoms with Crippen LogP contribution in [0.5, 0.6) is 0 Å². The van der Waals surface area contributed by atoms with Crippen LogP contribution < -0.4 is 0 Å². The molecule has 132 valence electrons. The fraction of sp³-hybridized carbons (Fsp3) is 0.632. The molecule has 0 radical (unpaired) electrons. The molecule has 0 spiro atoms. The predicted octanol–water partition coefficient (Wildman–Crippen LogP) is 6.78. The van der Waals surface area contributed by atoms with Crippen LogP contribution in [0.25, 0.3) is 0 Å². The first-order valence-corrected chi connectivity index (χ1v) is 10.4. The molecule has 3 rings (SSSR count). The van der Waals surface area contributed by atoms with E-state index in [9.17, 15) is 0 Å². The van der Waals surface area contributed by atoms with Gasteiger partial charge in [-0.2, -0.15) is 0 Å². The van der Waals surface area contributed by atoms with Crippen LogP contribution in [0.3, 0.4) is 0 Å². The molecule has 0 aromatic heterocycles. The minimum atomic E-state index is 0.181. The Kier molecular flexibility index (Phi) is 5.73. The van der Waals surface area contributed by atoms with E-state index in [4.69, 9.17) is 28.2 Å². The highest BCUT2D eigenvalue weighted by Crippen LogP contribution is 2.41. The summed E-state index contributed by atoms with van der Waals surface area (Å²) in [4.78, 5) is 7.41. The molecule has 5 heteroatoms. The first-order valence-electron chi connectivity index (χ1n) is 8.85. The molecule has 0 unspecified atom stereocenters. The average molecular weight is 385 g/mol. The van der Waals surface area contributed by atoms with Crippen molar-refractivity contribution in [2.75, 3.05) is 6.54 Å². The van der Waals surface area contributed by atoms with Crippen molar-refractivity contribution in [2.24, 2.45) is 10.9 Å². The molecule has 2 nitrogen and oxygen atoms in total. The summed E-state index contributed by atoms with van der Waals surface area (Å²) in [5.74, 6) is 0.777. The second-order valence-corrected chi connectivity index (χ2v) is 10.1. The number of nitrogens with zero attached hydrogens (tertiary/aromatic N) is 2. The molecule has 2 fully saturated rings. The largest absolute Gasteiger partial charge is 0.347 e. The van der Waals surface area contributed by atoms with Gasteiger partial charge in [0.2, 0.25) is 0 Å². The van der Waals surface area contributed by atoms with Gasteiger partial charge >= 0.3 is 0 Å². The van der Waals surface area contributed by atoms with Crippen molar-refractivity contribution in [3.8, 4) is 0 Å². The van der Waals surface area contributed by atoms with Gasteiger partial charge in [0.25, 0.3) is 0 Å². The molecular weight excluding hydrogens is 359 g/mol. The van der Waals surface area contributed by atoms with Crippen molar-refractivity contribution < 1.29 is 0 Å². The molecule has 1 aliphatic heterocycles. The number of thioether (sulfide) groups is 1. The highest BCUT2D eigenvalue weighted by atomic mass is 35.5. The van der Waals surface area contributed by atoms with Gasteiger partial charge in [-0.3, -0.25) is 0 Å². The number of rotatable bonds is 3. The molecule has 2 aliphatic rings. The number of benzene rings is 1. The van der Waals surface area contributed by atoms with Gasteiger partial charge in [0.05, 0.1) is 10.7 Å². The Hall–Kier alpha value is -0.380. The third-order valence-electron chi connectivity index (χ3n) is 5.11. The van der Waals surface area contributed by atoms with E-state index in [1.807, 2.05) is 23.9 Å². The van der Waals surface area contributed by atoms with Crippen LogP contribution in [0.4, 0.5) is 5.69 Å². The molecule has 1 saturated heterocycles. The Balaban J connectivity index is 1.87. The van der Waals surface area contributed by atoms with Crippen molar-refractivity contribution in [2.45, 2.75) is 63.7 Å². The lowest BCUT2D eigenvalue weighted by Crippen LogP contribution is -2.41. The lowest BCUT2D eigenvalue weighted by Gasteiger charge is -2.35. The van der Waals surface area contributed by atoms with E-state index in [2.05, 4.69) is 25.7 Å². The smallest absolute Gasteiger partial charge is 0.165 e. The minimum Gasteiger partial charge on any atom is -0.347 e. The second-order valence-electron chi connectivity index (χ2n) is 7.62. The zero-order chi connectivity index (χ0) is 17.3. The Labute approximate surface area is 160 Å². The Bertz CT molecular complexity index is 624. The fourth-order valence-corrected chi connectivity index (χ4v) is 5.41. The predicted molar refractivity (Wildman–Crippen MR) is 108 cm³/mol. The van der Waals surface area contributed by atoms with Crippen molar-refractivity contribution in [1.29, 1.82) is 0 Å². The van der Waals surface area contributed by atoms with E-state index in [0.717, 1.165) is 23.3 Å². The van der Waals surface area contributed by atoms with Crippen LogP contribution in [0, 0.1) is 5.92 Å². The van der Waals surface area contributed by atoms with Crippen LogP contribution in [-0.2, 0) is 0 Å². The molecule has 24 heavy (non-hydrogen) atoms. The summed E-state index contributed by atoms with van der Waals surface area (Å²) in [6.45, 7) is 8.00. The topological polar surface area (TPSA) is 15.6 Å². The summed E-state index contributed by atoms with van der Waals surface area (Å²) >= 11 is 14.2. The SMILES string of the molecule is C[C@@H](C1CCCCC1)N1CC(C)(C)SC1=Nc1ccc(Cl)cc1Cl. The number of halogens is 2. The maximum atomic E-state index is 6.34. The Morgan fingerprint density at radius 1 is 1.21 bits per heavy atom. The van der Waals surface area contributed by atoms with Crippen LogP contribution in [0.1, 0.15) is 52.9 Å². The van der Waals surface area contributed by atoms with Crippen LogP contribution >= 0.6 is 35.0 Å². The summed E-state index contributed by atoms with van der Waals surface area (Å²) in [6, 6.07) is 6.06. The molecule has 0 N–H and O–H groups in total. The lowest BCUT2D eigenvalue weighted by atomic mass is 9.84. The van der Waals surface area contributed by atoms with Gasteiger partial charge in [0.15, 0.2) is 5.17 Å². The van der Waals surface area contributed by atoms with E-state index < -0.39 is 0 Å². The molecule has 0 bridgehead atoms. The van der Waals surface area contributed by atoms with Gasteiger partial charge in [0.1, 0.15) is 0 Å². The molecule has 0 amide bonds. The quantitative estimate of drug-likeness (QED) is 0.570. The van der Waals surface area contributed by atoms with Crippen molar-refractivity contribution in [3.63, 3.8) is 0 Å². The minimum absolute atomic E-state index is 0.181. The summed E-state index contributed by atoms with van der Waals surface area (Å²) in [6.07, 6.45) is 6.82. The standard InChI is InChI=1S/C19H26Cl2N2S/c1-13(14-7-5-4-6-8-14)23-12-19(2,3)24-18(23)22-17-10-9-15(20)11-16(17)21/h9-11,13-14H,4-8,12H2,1-3H3/t13-/m0/s1. The lowest BCUT2D eigenvalue weighted by molar-refractivity contribution is 0.197. The van der Waals surface area contributed by atoms with Crippen LogP contribution in [0.2, 0.25) is 10.0 Å². The van der Waals surface area contributed by atoms with Gasteiger partial charge in [0, 0.05) is 22.4 Å². The number of aliphatic imine (C=N–C) groups is 1. The first-order chi connectivity index (χ1) is 11.4. The van der Waals surface area contributed by atoms with Gasteiger partial charge in [-0.15, -0.1) is 0 Å². The monoisotopic (exact) mass is 384 g/mol. The van der Waals surface area contributed by atoms with Crippen molar-refractivity contribution >= 4 is 45.8 Å². The van der Waals surface area contributed by atoms with E-state index >= 15 is 0 Å². The molecule has 1 saturated carbocycles. The van der Waals surface area contributed by atoms with Gasteiger partial charge in [-0.05, 0) is 57.7 Å². The van der Waals surface area contributed by atoms with Gasteiger partial charge in [-0.1, -0.05) is 54.2 Å². The normalized spacial score (nSPS) is 24.5. The molecule has 1 heterocycles. The third kappa shape index (κ3) is 4.23. The van der Waals surface area contributed by atoms with E-state index in [0.29, 0.717) is 16.1 Å². The van der Waals surface area contributed by atoms with E-state index in [1.54, 1.807) is 6.07 Å². The number of hydrogen-bond donors (Lipinski definition) is 0. The zero-order valence-electron chi connectivity index (χ0n) is 14.7. The maximum Gasteiger partial charge on any atom is 0.165 e. The summed E-state index contributed by atoms with van der Waals surface area (Å²) in [5, 5.41) is 2.36. The second kappa shape index (κ2) is 7.47. The number of amidine groups is 1. The van der Waals surface area contributed by atoms with Gasteiger partial charge < -0.3 is 4.90 Å². The van der Waals surface area contributed by atoms with E-state index in [-0.39, 0.29) is 4.75 Å². The van der Waals surface area contributed by atoms with Gasteiger partial charge in [-0.25, -0.2) is 4.99 Å². The van der Waals surface area contributed by atoms with Crippen molar-refractivity contribution in [3.05, 3.63) is 28.2 Å². The molecule has 1 aliphatic carbocycles. The van der Waals surface area contributed by atoms with Crippen LogP contribution in [0.15, 0.2) is 23.2 Å². The molecule has 1 atom stereocenters. The summed E-state index contributed by atoms with van der Waals surface area (Å²) < 4.78 is 0.181. The summed E-state index contributed by atoms with van der Waals surface area (Å²) in [7, 11) is 0. The fourth-order valence-electron chi connectivity index (χ4n) is 3.77. The maximum absolute atomic E-state index is 6.34. The first kappa shape index (κ1) is 18.4. The molecule has 1 aromatic rings. The highest BCUT2D eigenvalue weighted by Gasteiger charge is 2.39. The zero-order valence-corrected chi connectivity index (χ0v) is 17.0. The average Bonchev–Trinajstić information content (AvgIpc) is 2.85. The Morgan fingerprint density at radius 2 is 1.92 bits per heavy atom.